The summed E-state index contributed by atoms with van der Waals surface area (Å²) in [5.74, 6) is 0. The van der Waals surface area contributed by atoms with E-state index in [-0.39, 0.29) is 5.56 Å². The smallest absolute Gasteiger partial charge is 0.255 e. The van der Waals surface area contributed by atoms with E-state index in [4.69, 9.17) is 0 Å². The Kier molecular flexibility index (Phi) is 2.42. The maximum atomic E-state index is 11.6. The second-order valence-corrected chi connectivity index (χ2v) is 3.71. The average molecular weight is 199 g/mol. The van der Waals surface area contributed by atoms with Gasteiger partial charge in [-0.05, 0) is 42.7 Å². The van der Waals surface area contributed by atoms with Crippen molar-refractivity contribution < 1.29 is 0 Å². The summed E-state index contributed by atoms with van der Waals surface area (Å²) < 4.78 is 0. The molecule has 0 aliphatic heterocycles. The lowest BCUT2D eigenvalue weighted by Gasteiger charge is -2.04. The highest BCUT2D eigenvalue weighted by Crippen LogP contribution is 2.18. The van der Waals surface area contributed by atoms with Crippen LogP contribution in [-0.4, -0.2) is 4.98 Å². The van der Waals surface area contributed by atoms with Gasteiger partial charge in [0.2, 0.25) is 0 Å². The quantitative estimate of drug-likeness (QED) is 0.752. The molecule has 1 N–H and O–H groups in total. The van der Waals surface area contributed by atoms with Crippen LogP contribution < -0.4 is 5.56 Å². The highest BCUT2D eigenvalue weighted by atomic mass is 16.1. The first kappa shape index (κ1) is 9.71. The Bertz CT molecular complexity index is 540. The Morgan fingerprint density at radius 3 is 2.53 bits per heavy atom. The molecule has 0 amide bonds. The van der Waals surface area contributed by atoms with Gasteiger partial charge in [0.05, 0.1) is 0 Å². The minimum Gasteiger partial charge on any atom is -0.329 e. The molecule has 0 saturated carbocycles. The van der Waals surface area contributed by atoms with Crippen molar-refractivity contribution in [3.63, 3.8) is 0 Å². The van der Waals surface area contributed by atoms with E-state index in [9.17, 15) is 4.79 Å². The zero-order valence-corrected chi connectivity index (χ0v) is 8.87. The molecule has 0 saturated heterocycles. The number of nitrogens with one attached hydrogen (secondary N) is 1. The first-order valence-electron chi connectivity index (χ1n) is 4.94. The Morgan fingerprint density at radius 1 is 1.07 bits per heavy atom. The van der Waals surface area contributed by atoms with Crippen molar-refractivity contribution in [2.75, 3.05) is 0 Å². The maximum absolute atomic E-state index is 11.6. The molecule has 1 aromatic carbocycles. The van der Waals surface area contributed by atoms with Gasteiger partial charge in [0.1, 0.15) is 0 Å². The van der Waals surface area contributed by atoms with Crippen LogP contribution in [0.2, 0.25) is 0 Å². The van der Waals surface area contributed by atoms with E-state index in [1.54, 1.807) is 6.20 Å². The molecule has 2 heteroatoms. The van der Waals surface area contributed by atoms with Gasteiger partial charge in [0, 0.05) is 11.8 Å². The number of aryl methyl sites for hydroxylation is 2. The molecule has 0 atom stereocenters. The number of H-pyrrole nitrogens is 1. The second kappa shape index (κ2) is 3.73. The van der Waals surface area contributed by atoms with Crippen molar-refractivity contribution >= 4 is 0 Å². The van der Waals surface area contributed by atoms with Crippen molar-refractivity contribution in [3.05, 3.63) is 58.0 Å². The van der Waals surface area contributed by atoms with Gasteiger partial charge >= 0.3 is 0 Å². The monoisotopic (exact) mass is 199 g/mol. The van der Waals surface area contributed by atoms with E-state index >= 15 is 0 Å². The SMILES string of the molecule is Cc1ccc(-c2ccc[nH]c2=O)cc1C. The standard InChI is InChI=1S/C13H13NO/c1-9-5-6-11(8-10(9)2)12-4-3-7-14-13(12)15/h3-8H,1-2H3,(H,14,15). The summed E-state index contributed by atoms with van der Waals surface area (Å²) in [6, 6.07) is 9.73. The Hall–Kier alpha value is -1.83. The molecule has 2 aromatic rings. The average Bonchev–Trinajstić information content (AvgIpc) is 2.23. The van der Waals surface area contributed by atoms with Crippen molar-refractivity contribution in [1.29, 1.82) is 0 Å². The molecule has 0 radical (unpaired) electrons. The van der Waals surface area contributed by atoms with Gasteiger partial charge in [-0.25, -0.2) is 0 Å². The van der Waals surface area contributed by atoms with Crippen molar-refractivity contribution in [3.8, 4) is 11.1 Å². The fraction of sp³-hybridized carbons (Fsp3) is 0.154. The molecule has 1 heterocycles. The fourth-order valence-electron chi connectivity index (χ4n) is 1.56. The van der Waals surface area contributed by atoms with E-state index in [0.29, 0.717) is 0 Å². The van der Waals surface area contributed by atoms with Crippen LogP contribution in [0.15, 0.2) is 41.3 Å². The molecule has 76 valence electrons. The predicted octanol–water partition coefficient (Wildman–Crippen LogP) is 2.66. The Labute approximate surface area is 88.6 Å². The lowest BCUT2D eigenvalue weighted by atomic mass is 10.0. The molecule has 0 aliphatic carbocycles. The number of hydrogen-bond acceptors (Lipinski definition) is 1. The van der Waals surface area contributed by atoms with E-state index in [1.807, 2.05) is 30.3 Å². The van der Waals surface area contributed by atoms with E-state index in [2.05, 4.69) is 18.8 Å². The zero-order chi connectivity index (χ0) is 10.8. The molecule has 2 rings (SSSR count). The van der Waals surface area contributed by atoms with Crippen LogP contribution in [-0.2, 0) is 0 Å². The largest absolute Gasteiger partial charge is 0.329 e. The van der Waals surface area contributed by atoms with Crippen LogP contribution >= 0.6 is 0 Å². The molecule has 0 spiro atoms. The number of benzene rings is 1. The number of hydrogen-bond donors (Lipinski definition) is 1. The number of pyridine rings is 1. The van der Waals surface area contributed by atoms with Crippen LogP contribution in [0.4, 0.5) is 0 Å². The van der Waals surface area contributed by atoms with E-state index in [1.165, 1.54) is 11.1 Å². The van der Waals surface area contributed by atoms with E-state index in [0.717, 1.165) is 11.1 Å². The lowest BCUT2D eigenvalue weighted by molar-refractivity contribution is 1.24. The van der Waals surface area contributed by atoms with Crippen molar-refractivity contribution in [1.82, 2.24) is 4.98 Å². The summed E-state index contributed by atoms with van der Waals surface area (Å²) in [4.78, 5) is 14.2. The highest BCUT2D eigenvalue weighted by Gasteiger charge is 2.02. The van der Waals surface area contributed by atoms with Gasteiger partial charge in [-0.1, -0.05) is 18.2 Å². The Morgan fingerprint density at radius 2 is 1.87 bits per heavy atom. The van der Waals surface area contributed by atoms with Gasteiger partial charge in [0.15, 0.2) is 0 Å². The molecular weight excluding hydrogens is 186 g/mol. The van der Waals surface area contributed by atoms with Crippen LogP contribution in [0, 0.1) is 13.8 Å². The van der Waals surface area contributed by atoms with Crippen molar-refractivity contribution in [2.24, 2.45) is 0 Å². The molecule has 0 fully saturated rings. The van der Waals surface area contributed by atoms with Crippen LogP contribution in [0.1, 0.15) is 11.1 Å². The summed E-state index contributed by atoms with van der Waals surface area (Å²) in [6.07, 6.45) is 1.65. The third-order valence-corrected chi connectivity index (χ3v) is 2.64. The topological polar surface area (TPSA) is 32.9 Å². The third kappa shape index (κ3) is 1.84. The van der Waals surface area contributed by atoms with Crippen LogP contribution in [0.25, 0.3) is 11.1 Å². The molecule has 0 unspecified atom stereocenters. The van der Waals surface area contributed by atoms with E-state index < -0.39 is 0 Å². The van der Waals surface area contributed by atoms with Crippen LogP contribution in [0.3, 0.4) is 0 Å². The third-order valence-electron chi connectivity index (χ3n) is 2.64. The lowest BCUT2D eigenvalue weighted by Crippen LogP contribution is -2.06. The fourth-order valence-corrected chi connectivity index (χ4v) is 1.56. The zero-order valence-electron chi connectivity index (χ0n) is 8.87. The minimum absolute atomic E-state index is 0.0410. The second-order valence-electron chi connectivity index (χ2n) is 3.71. The van der Waals surface area contributed by atoms with Gasteiger partial charge in [-0.2, -0.15) is 0 Å². The summed E-state index contributed by atoms with van der Waals surface area (Å²) in [6.45, 7) is 4.12. The molecule has 1 aromatic heterocycles. The Balaban J connectivity index is 2.60. The number of rotatable bonds is 1. The number of aromatic nitrogens is 1. The highest BCUT2D eigenvalue weighted by molar-refractivity contribution is 5.63. The molecule has 0 bridgehead atoms. The molecule has 2 nitrogen and oxygen atoms in total. The molecule has 15 heavy (non-hydrogen) atoms. The van der Waals surface area contributed by atoms with Crippen LogP contribution in [0.5, 0.6) is 0 Å². The summed E-state index contributed by atoms with van der Waals surface area (Å²) in [5, 5.41) is 0. The summed E-state index contributed by atoms with van der Waals surface area (Å²) in [5.41, 5.74) is 4.10. The normalized spacial score (nSPS) is 10.3. The van der Waals surface area contributed by atoms with Gasteiger partial charge in [-0.3, -0.25) is 4.79 Å². The number of aromatic amines is 1. The maximum Gasteiger partial charge on any atom is 0.255 e. The van der Waals surface area contributed by atoms with Crippen molar-refractivity contribution in [2.45, 2.75) is 13.8 Å². The predicted molar refractivity (Wildman–Crippen MR) is 62.0 cm³/mol. The molecular formula is C13H13NO. The molecule has 0 aliphatic rings. The first-order chi connectivity index (χ1) is 7.18. The van der Waals surface area contributed by atoms with Gasteiger partial charge in [-0.15, -0.1) is 0 Å². The minimum atomic E-state index is -0.0410. The summed E-state index contributed by atoms with van der Waals surface area (Å²) >= 11 is 0. The van der Waals surface area contributed by atoms with Gasteiger partial charge in [0.25, 0.3) is 5.56 Å². The van der Waals surface area contributed by atoms with Gasteiger partial charge < -0.3 is 4.98 Å². The summed E-state index contributed by atoms with van der Waals surface area (Å²) in [7, 11) is 0. The first-order valence-corrected chi connectivity index (χ1v) is 4.94.